The van der Waals surface area contributed by atoms with E-state index < -0.39 is 0 Å². The summed E-state index contributed by atoms with van der Waals surface area (Å²) in [5, 5.41) is 0. The third-order valence-electron chi connectivity index (χ3n) is 3.41. The van der Waals surface area contributed by atoms with Gasteiger partial charge < -0.3 is 15.6 Å². The second-order valence-electron chi connectivity index (χ2n) is 4.78. The Morgan fingerprint density at radius 3 is 3.00 bits per heavy atom. The zero-order valence-electron chi connectivity index (χ0n) is 10.1. The van der Waals surface area contributed by atoms with Gasteiger partial charge >= 0.3 is 0 Å². The van der Waals surface area contributed by atoms with Gasteiger partial charge in [-0.05, 0) is 24.6 Å². The van der Waals surface area contributed by atoms with Gasteiger partial charge in [0.1, 0.15) is 5.82 Å². The van der Waals surface area contributed by atoms with Crippen molar-refractivity contribution < 1.29 is 4.79 Å². The summed E-state index contributed by atoms with van der Waals surface area (Å²) in [6.45, 7) is 1.86. The normalized spacial score (nSPS) is 19.9. The number of aromatic amines is 1. The van der Waals surface area contributed by atoms with Crippen molar-refractivity contribution in [1.29, 1.82) is 0 Å². The molecular formula is C13H16N4O. The largest absolute Gasteiger partial charge is 0.340 e. The third kappa shape index (κ3) is 1.97. The summed E-state index contributed by atoms with van der Waals surface area (Å²) >= 11 is 0. The van der Waals surface area contributed by atoms with E-state index in [1.807, 2.05) is 29.2 Å². The van der Waals surface area contributed by atoms with Gasteiger partial charge in [0.2, 0.25) is 5.91 Å². The van der Waals surface area contributed by atoms with E-state index in [-0.39, 0.29) is 5.91 Å². The molecule has 0 saturated carbocycles. The first kappa shape index (κ1) is 11.2. The molecule has 1 fully saturated rings. The van der Waals surface area contributed by atoms with Crippen LogP contribution in [0.15, 0.2) is 24.3 Å². The number of rotatable bonds is 3. The number of imidazole rings is 1. The Labute approximate surface area is 105 Å². The smallest absolute Gasteiger partial charge is 0.223 e. The summed E-state index contributed by atoms with van der Waals surface area (Å²) in [5.41, 5.74) is 7.56. The highest BCUT2D eigenvalue weighted by Gasteiger charge is 2.28. The number of nitrogens with zero attached hydrogens (tertiary/aromatic N) is 2. The number of nitrogens with two attached hydrogens (primary N) is 1. The van der Waals surface area contributed by atoms with Gasteiger partial charge in [0.25, 0.3) is 0 Å². The average molecular weight is 244 g/mol. The maximum atomic E-state index is 11.8. The number of hydrogen-bond acceptors (Lipinski definition) is 3. The molecule has 0 bridgehead atoms. The molecule has 1 unspecified atom stereocenters. The number of carbonyl (C=O) groups excluding carboxylic acids is 1. The summed E-state index contributed by atoms with van der Waals surface area (Å²) in [5.74, 6) is 1.30. The zero-order valence-corrected chi connectivity index (χ0v) is 10.1. The molecule has 1 atom stereocenters. The van der Waals surface area contributed by atoms with Crippen molar-refractivity contribution >= 4 is 16.9 Å². The van der Waals surface area contributed by atoms with E-state index >= 15 is 0 Å². The Morgan fingerprint density at radius 1 is 1.44 bits per heavy atom. The Bertz CT molecular complexity index is 544. The van der Waals surface area contributed by atoms with Crippen molar-refractivity contribution in [1.82, 2.24) is 14.9 Å². The number of para-hydroxylation sites is 2. The summed E-state index contributed by atoms with van der Waals surface area (Å²) in [6.07, 6.45) is 0.566. The van der Waals surface area contributed by atoms with Crippen LogP contribution in [-0.4, -0.2) is 33.9 Å². The molecule has 0 radical (unpaired) electrons. The maximum Gasteiger partial charge on any atom is 0.223 e. The minimum absolute atomic E-state index is 0.172. The molecule has 2 heterocycles. The van der Waals surface area contributed by atoms with Crippen molar-refractivity contribution in [2.75, 3.05) is 13.1 Å². The predicted octanol–water partition coefficient (Wildman–Crippen LogP) is 0.870. The Kier molecular flexibility index (Phi) is 2.76. The van der Waals surface area contributed by atoms with Gasteiger partial charge in [-0.2, -0.15) is 0 Å². The van der Waals surface area contributed by atoms with Crippen LogP contribution < -0.4 is 5.73 Å². The van der Waals surface area contributed by atoms with Crippen molar-refractivity contribution in [3.05, 3.63) is 30.1 Å². The lowest BCUT2D eigenvalue weighted by Crippen LogP contribution is -2.26. The molecule has 1 aliphatic heterocycles. The fraction of sp³-hybridized carbons (Fsp3) is 0.385. The first-order valence-corrected chi connectivity index (χ1v) is 6.17. The van der Waals surface area contributed by atoms with Crippen LogP contribution in [0.4, 0.5) is 0 Å². The van der Waals surface area contributed by atoms with Gasteiger partial charge in [-0.1, -0.05) is 12.1 Å². The molecule has 18 heavy (non-hydrogen) atoms. The van der Waals surface area contributed by atoms with Gasteiger partial charge in [0.15, 0.2) is 0 Å². The number of benzene rings is 1. The number of H-pyrrole nitrogens is 1. The number of aromatic nitrogens is 2. The van der Waals surface area contributed by atoms with E-state index in [1.54, 1.807) is 0 Å². The minimum atomic E-state index is 0.172. The van der Waals surface area contributed by atoms with Gasteiger partial charge in [-0.3, -0.25) is 4.79 Å². The van der Waals surface area contributed by atoms with E-state index in [4.69, 9.17) is 5.73 Å². The van der Waals surface area contributed by atoms with E-state index in [2.05, 4.69) is 9.97 Å². The highest BCUT2D eigenvalue weighted by Crippen LogP contribution is 2.19. The second kappa shape index (κ2) is 4.42. The molecule has 94 valence electrons. The summed E-state index contributed by atoms with van der Waals surface area (Å²) in [6, 6.07) is 7.87. The number of fused-ring (bicyclic) bond motifs is 1. The van der Waals surface area contributed by atoms with E-state index in [9.17, 15) is 4.79 Å². The van der Waals surface area contributed by atoms with Crippen molar-refractivity contribution in [3.8, 4) is 0 Å². The molecule has 3 rings (SSSR count). The Hall–Kier alpha value is -1.88. The highest BCUT2D eigenvalue weighted by atomic mass is 16.2. The van der Waals surface area contributed by atoms with Gasteiger partial charge in [-0.25, -0.2) is 4.98 Å². The quantitative estimate of drug-likeness (QED) is 0.841. The SMILES string of the molecule is NCC1CC(=O)N(Cc2nc3ccccc3[nH]2)C1. The molecule has 5 heteroatoms. The van der Waals surface area contributed by atoms with Crippen LogP contribution in [0.5, 0.6) is 0 Å². The lowest BCUT2D eigenvalue weighted by Gasteiger charge is -2.14. The Balaban J connectivity index is 1.78. The highest BCUT2D eigenvalue weighted by molar-refractivity contribution is 5.79. The second-order valence-corrected chi connectivity index (χ2v) is 4.78. The number of nitrogens with one attached hydrogen (secondary N) is 1. The lowest BCUT2D eigenvalue weighted by molar-refractivity contribution is -0.128. The molecule has 0 aliphatic carbocycles. The number of carbonyl (C=O) groups is 1. The molecule has 2 aromatic rings. The first-order chi connectivity index (χ1) is 8.76. The fourth-order valence-corrected chi connectivity index (χ4v) is 2.43. The molecule has 1 aromatic heterocycles. The van der Waals surface area contributed by atoms with Crippen LogP contribution in [0.3, 0.4) is 0 Å². The third-order valence-corrected chi connectivity index (χ3v) is 3.41. The number of amides is 1. The molecule has 1 aromatic carbocycles. The van der Waals surface area contributed by atoms with Crippen molar-refractivity contribution in [2.45, 2.75) is 13.0 Å². The van der Waals surface area contributed by atoms with Crippen LogP contribution >= 0.6 is 0 Å². The van der Waals surface area contributed by atoms with Crippen molar-refractivity contribution in [3.63, 3.8) is 0 Å². The Morgan fingerprint density at radius 2 is 2.28 bits per heavy atom. The molecule has 1 aliphatic rings. The van der Waals surface area contributed by atoms with E-state index in [0.717, 1.165) is 23.4 Å². The summed E-state index contributed by atoms with van der Waals surface area (Å²) in [4.78, 5) is 21.3. The van der Waals surface area contributed by atoms with Gasteiger partial charge in [-0.15, -0.1) is 0 Å². The van der Waals surface area contributed by atoms with Crippen LogP contribution in [0.2, 0.25) is 0 Å². The molecule has 3 N–H and O–H groups in total. The standard InChI is InChI=1S/C13H16N4O/c14-6-9-5-13(18)17(7-9)8-12-15-10-3-1-2-4-11(10)16-12/h1-4,9H,5-8,14H2,(H,15,16). The van der Waals surface area contributed by atoms with Crippen LogP contribution in [0.1, 0.15) is 12.2 Å². The van der Waals surface area contributed by atoms with Crippen molar-refractivity contribution in [2.24, 2.45) is 11.7 Å². The average Bonchev–Trinajstić information content (AvgIpc) is 2.93. The van der Waals surface area contributed by atoms with Crippen LogP contribution in [-0.2, 0) is 11.3 Å². The minimum Gasteiger partial charge on any atom is -0.340 e. The topological polar surface area (TPSA) is 75.0 Å². The number of hydrogen-bond donors (Lipinski definition) is 2. The monoisotopic (exact) mass is 244 g/mol. The summed E-state index contributed by atoms with van der Waals surface area (Å²) in [7, 11) is 0. The first-order valence-electron chi connectivity index (χ1n) is 6.17. The van der Waals surface area contributed by atoms with Gasteiger partial charge in [0, 0.05) is 13.0 Å². The van der Waals surface area contributed by atoms with Crippen LogP contribution in [0.25, 0.3) is 11.0 Å². The van der Waals surface area contributed by atoms with Crippen LogP contribution in [0, 0.1) is 5.92 Å². The molecule has 5 nitrogen and oxygen atoms in total. The van der Waals surface area contributed by atoms with E-state index in [0.29, 0.717) is 25.4 Å². The van der Waals surface area contributed by atoms with E-state index in [1.165, 1.54) is 0 Å². The van der Waals surface area contributed by atoms with Gasteiger partial charge in [0.05, 0.1) is 17.6 Å². The zero-order chi connectivity index (χ0) is 12.5. The predicted molar refractivity (Wildman–Crippen MR) is 68.7 cm³/mol. The maximum absolute atomic E-state index is 11.8. The number of likely N-dealkylation sites (tertiary alicyclic amines) is 1. The summed E-state index contributed by atoms with van der Waals surface area (Å²) < 4.78 is 0. The molecular weight excluding hydrogens is 228 g/mol. The fourth-order valence-electron chi connectivity index (χ4n) is 2.43. The molecule has 0 spiro atoms. The molecule has 1 amide bonds. The molecule has 1 saturated heterocycles. The lowest BCUT2D eigenvalue weighted by atomic mass is 10.1.